The highest BCUT2D eigenvalue weighted by Gasteiger charge is 2.78. The number of ether oxygens (including phenoxy) is 1. The predicted molar refractivity (Wildman–Crippen MR) is 143 cm³/mol. The van der Waals surface area contributed by atoms with Crippen molar-refractivity contribution in [2.24, 2.45) is 0 Å². The van der Waals surface area contributed by atoms with Crippen molar-refractivity contribution in [2.75, 3.05) is 7.11 Å². The minimum atomic E-state index is -1.13. The average Bonchev–Trinajstić information content (AvgIpc) is 3.17. The standard InChI is InChI=1S/C26H43B3O7/c1-20(2)21(3,4)32-27(31-20)26(18-14-16-19(30-13)17-15-18,28-33-22(5,6)23(7,8)34-28)29-35-24(9,10)25(11,12)36-29/h14-17H,1-13H3. The molecule has 0 aromatic heterocycles. The lowest BCUT2D eigenvalue weighted by Crippen LogP contribution is -2.67. The molecule has 0 atom stereocenters. The molecule has 0 amide bonds. The Morgan fingerprint density at radius 3 is 0.972 bits per heavy atom. The van der Waals surface area contributed by atoms with Gasteiger partial charge in [0.25, 0.3) is 0 Å². The molecule has 4 rings (SSSR count). The van der Waals surface area contributed by atoms with Crippen molar-refractivity contribution in [1.29, 1.82) is 0 Å². The van der Waals surface area contributed by atoms with Crippen molar-refractivity contribution < 1.29 is 32.7 Å². The molecule has 36 heavy (non-hydrogen) atoms. The second-order valence-corrected chi connectivity index (χ2v) is 13.4. The van der Waals surface area contributed by atoms with Crippen molar-refractivity contribution in [2.45, 2.75) is 122 Å². The maximum Gasteiger partial charge on any atom is 0.464 e. The normalized spacial score (nSPS) is 27.5. The van der Waals surface area contributed by atoms with Gasteiger partial charge in [0.15, 0.2) is 0 Å². The van der Waals surface area contributed by atoms with Crippen molar-refractivity contribution in [3.8, 4) is 5.75 Å². The van der Waals surface area contributed by atoms with Crippen LogP contribution in [0.15, 0.2) is 24.3 Å². The molecule has 1 aromatic rings. The summed E-state index contributed by atoms with van der Waals surface area (Å²) in [6.07, 6.45) is 0. The fraction of sp³-hybridized carbons (Fsp3) is 0.769. The van der Waals surface area contributed by atoms with E-state index in [0.717, 1.165) is 11.3 Å². The van der Waals surface area contributed by atoms with Crippen LogP contribution >= 0.6 is 0 Å². The first-order valence-electron chi connectivity index (χ1n) is 12.9. The van der Waals surface area contributed by atoms with Gasteiger partial charge in [-0.05, 0) is 101 Å². The van der Waals surface area contributed by atoms with Crippen LogP contribution in [0.1, 0.15) is 88.6 Å². The molecule has 0 radical (unpaired) electrons. The minimum absolute atomic E-state index is 0.595. The molecule has 0 spiro atoms. The van der Waals surface area contributed by atoms with Crippen LogP contribution in [-0.4, -0.2) is 62.1 Å². The Bertz CT molecular complexity index is 851. The summed E-state index contributed by atoms with van der Waals surface area (Å²) in [6, 6.07) is 7.84. The Labute approximate surface area is 218 Å². The quantitative estimate of drug-likeness (QED) is 0.538. The first-order chi connectivity index (χ1) is 16.2. The summed E-state index contributed by atoms with van der Waals surface area (Å²) in [5.74, 6) is 0.740. The summed E-state index contributed by atoms with van der Waals surface area (Å²) >= 11 is 0. The van der Waals surface area contributed by atoms with Crippen LogP contribution in [0.3, 0.4) is 0 Å². The molecule has 0 unspecified atom stereocenters. The van der Waals surface area contributed by atoms with Crippen molar-refractivity contribution in [3.63, 3.8) is 0 Å². The smallest absolute Gasteiger partial charge is 0.464 e. The maximum atomic E-state index is 6.76. The summed E-state index contributed by atoms with van der Waals surface area (Å²) in [7, 11) is -0.722. The molecule has 1 aromatic carbocycles. The Balaban J connectivity index is 1.98. The van der Waals surface area contributed by atoms with E-state index in [0.29, 0.717) is 0 Å². The molecule has 198 valence electrons. The van der Waals surface area contributed by atoms with Gasteiger partial charge in [0.1, 0.15) is 10.9 Å². The van der Waals surface area contributed by atoms with E-state index in [9.17, 15) is 0 Å². The van der Waals surface area contributed by atoms with Crippen molar-refractivity contribution in [3.05, 3.63) is 29.8 Å². The zero-order valence-corrected chi connectivity index (χ0v) is 24.4. The number of rotatable bonds is 5. The van der Waals surface area contributed by atoms with Crippen LogP contribution in [0, 0.1) is 0 Å². The lowest BCUT2D eigenvalue weighted by Gasteiger charge is -2.38. The van der Waals surface area contributed by atoms with E-state index < -0.39 is 60.1 Å². The van der Waals surface area contributed by atoms with Crippen LogP contribution in [0.25, 0.3) is 0 Å². The number of hydrogen-bond acceptors (Lipinski definition) is 7. The molecular formula is C26H43B3O7. The molecule has 0 aliphatic carbocycles. The Morgan fingerprint density at radius 1 is 0.500 bits per heavy atom. The van der Waals surface area contributed by atoms with E-state index in [1.807, 2.05) is 107 Å². The second-order valence-electron chi connectivity index (χ2n) is 13.4. The van der Waals surface area contributed by atoms with Gasteiger partial charge in [-0.1, -0.05) is 12.1 Å². The zero-order valence-electron chi connectivity index (χ0n) is 24.4. The molecule has 3 saturated heterocycles. The Hall–Kier alpha value is -1.03. The van der Waals surface area contributed by atoms with Crippen LogP contribution in [0.4, 0.5) is 0 Å². The molecular weight excluding hydrogens is 457 g/mol. The van der Waals surface area contributed by atoms with E-state index >= 15 is 0 Å². The minimum Gasteiger partial charge on any atom is -0.497 e. The van der Waals surface area contributed by atoms with Crippen molar-refractivity contribution >= 4 is 21.4 Å². The molecule has 3 heterocycles. The van der Waals surface area contributed by atoms with Crippen LogP contribution in [0.5, 0.6) is 5.75 Å². The van der Waals surface area contributed by atoms with Gasteiger partial charge in [0.2, 0.25) is 0 Å². The topological polar surface area (TPSA) is 64.6 Å². The van der Waals surface area contributed by atoms with Gasteiger partial charge in [0, 0.05) is 0 Å². The molecule has 3 aliphatic heterocycles. The van der Waals surface area contributed by atoms with Crippen molar-refractivity contribution in [1.82, 2.24) is 0 Å². The van der Waals surface area contributed by atoms with E-state index in [1.165, 1.54) is 0 Å². The van der Waals surface area contributed by atoms with Gasteiger partial charge in [-0.3, -0.25) is 0 Å². The monoisotopic (exact) mass is 500 g/mol. The van der Waals surface area contributed by atoms with Crippen LogP contribution < -0.4 is 4.74 Å². The Kier molecular flexibility index (Phi) is 6.40. The summed E-state index contributed by atoms with van der Waals surface area (Å²) in [4.78, 5) is 0. The molecule has 10 heteroatoms. The first kappa shape index (κ1) is 28.0. The largest absolute Gasteiger partial charge is 0.497 e. The number of benzene rings is 1. The number of methoxy groups -OCH3 is 1. The molecule has 3 fully saturated rings. The summed E-state index contributed by atoms with van der Waals surface area (Å²) < 4.78 is 46.1. The van der Waals surface area contributed by atoms with E-state index in [1.54, 1.807) is 7.11 Å². The van der Waals surface area contributed by atoms with Gasteiger partial charge in [-0.15, -0.1) is 0 Å². The molecule has 0 saturated carbocycles. The molecule has 0 bridgehead atoms. The third-order valence-electron chi connectivity index (χ3n) is 9.52. The summed E-state index contributed by atoms with van der Waals surface area (Å²) in [6.45, 7) is 24.5. The highest BCUT2D eigenvalue weighted by molar-refractivity contribution is 6.89. The van der Waals surface area contributed by atoms with Crippen LogP contribution in [0.2, 0.25) is 0 Å². The zero-order chi connectivity index (χ0) is 27.2. The average molecular weight is 500 g/mol. The van der Waals surface area contributed by atoms with Gasteiger partial charge < -0.3 is 32.7 Å². The summed E-state index contributed by atoms with van der Waals surface area (Å²) in [5.41, 5.74) is -2.71. The summed E-state index contributed by atoms with van der Waals surface area (Å²) in [5, 5.41) is -1.13. The lowest BCUT2D eigenvalue weighted by molar-refractivity contribution is 0.00578. The Morgan fingerprint density at radius 2 is 0.750 bits per heavy atom. The lowest BCUT2D eigenvalue weighted by atomic mass is 9.22. The third kappa shape index (κ3) is 3.99. The highest BCUT2D eigenvalue weighted by Crippen LogP contribution is 2.53. The highest BCUT2D eigenvalue weighted by atomic mass is 16.7. The second kappa shape index (κ2) is 8.24. The fourth-order valence-corrected chi connectivity index (χ4v) is 4.74. The van der Waals surface area contributed by atoms with Crippen LogP contribution in [-0.2, 0) is 33.0 Å². The van der Waals surface area contributed by atoms with E-state index in [-0.39, 0.29) is 0 Å². The maximum absolute atomic E-state index is 6.76. The van der Waals surface area contributed by atoms with E-state index in [2.05, 4.69) is 0 Å². The fourth-order valence-electron chi connectivity index (χ4n) is 4.74. The molecule has 7 nitrogen and oxygen atoms in total. The third-order valence-corrected chi connectivity index (χ3v) is 9.52. The van der Waals surface area contributed by atoms with Gasteiger partial charge >= 0.3 is 21.4 Å². The first-order valence-corrected chi connectivity index (χ1v) is 12.9. The molecule has 0 N–H and O–H groups in total. The SMILES string of the molecule is COc1ccc(C(B2OC(C)(C)C(C)(C)O2)(B2OC(C)(C)C(C)(C)O2)B2OC(C)(C)C(C)(C)O2)cc1. The van der Waals surface area contributed by atoms with E-state index in [4.69, 9.17) is 32.7 Å². The van der Waals surface area contributed by atoms with Gasteiger partial charge in [0.05, 0.1) is 40.7 Å². The van der Waals surface area contributed by atoms with Gasteiger partial charge in [-0.25, -0.2) is 0 Å². The number of hydrogen-bond donors (Lipinski definition) is 0. The van der Waals surface area contributed by atoms with Gasteiger partial charge in [-0.2, -0.15) is 0 Å². The predicted octanol–water partition coefficient (Wildman–Crippen LogP) is 4.83. The molecule has 3 aliphatic rings.